The van der Waals surface area contributed by atoms with Crippen LogP contribution in [-0.4, -0.2) is 10.1 Å². The summed E-state index contributed by atoms with van der Waals surface area (Å²) >= 11 is 0. The van der Waals surface area contributed by atoms with Crippen molar-refractivity contribution in [1.82, 2.24) is 10.1 Å². The zero-order valence-electron chi connectivity index (χ0n) is 11.2. The normalized spacial score (nSPS) is 12.0. The third kappa shape index (κ3) is 2.06. The van der Waals surface area contributed by atoms with Crippen molar-refractivity contribution in [3.63, 3.8) is 0 Å². The van der Waals surface area contributed by atoms with E-state index in [0.29, 0.717) is 22.7 Å². The first-order valence-corrected chi connectivity index (χ1v) is 6.27. The van der Waals surface area contributed by atoms with E-state index in [1.54, 1.807) is 32.0 Å². The highest BCUT2D eigenvalue weighted by Gasteiger charge is 2.22. The van der Waals surface area contributed by atoms with Crippen molar-refractivity contribution in [2.24, 2.45) is 5.73 Å². The number of hydrogen-bond donors (Lipinski definition) is 1. The number of aromatic nitrogens is 2. The molecule has 1 aromatic heterocycles. The monoisotopic (exact) mass is 271 g/mol. The second kappa shape index (κ2) is 4.38. The molecule has 3 aromatic rings. The van der Waals surface area contributed by atoms with Gasteiger partial charge in [0.05, 0.1) is 5.54 Å². The molecule has 0 atom stereocenters. The van der Waals surface area contributed by atoms with Gasteiger partial charge >= 0.3 is 0 Å². The van der Waals surface area contributed by atoms with E-state index in [2.05, 4.69) is 10.1 Å². The molecule has 5 heteroatoms. The minimum Gasteiger partial charge on any atom is -0.334 e. The lowest BCUT2D eigenvalue weighted by Crippen LogP contribution is -2.30. The van der Waals surface area contributed by atoms with Crippen LogP contribution in [0.3, 0.4) is 0 Å². The van der Waals surface area contributed by atoms with Crippen LogP contribution in [-0.2, 0) is 5.54 Å². The molecule has 0 saturated heterocycles. The molecule has 0 amide bonds. The quantitative estimate of drug-likeness (QED) is 0.777. The second-order valence-corrected chi connectivity index (χ2v) is 5.29. The van der Waals surface area contributed by atoms with E-state index in [-0.39, 0.29) is 5.82 Å². The Morgan fingerprint density at radius 1 is 1.10 bits per heavy atom. The smallest absolute Gasteiger partial charge is 0.258 e. The summed E-state index contributed by atoms with van der Waals surface area (Å²) in [6, 6.07) is 10.2. The van der Waals surface area contributed by atoms with Crippen LogP contribution < -0.4 is 5.73 Å². The van der Waals surface area contributed by atoms with Gasteiger partial charge in [-0.25, -0.2) is 4.39 Å². The minimum atomic E-state index is -0.683. The molecule has 0 saturated carbocycles. The van der Waals surface area contributed by atoms with E-state index in [1.807, 2.05) is 12.1 Å². The maximum atomic E-state index is 13.8. The number of nitrogens with zero attached hydrogens (tertiary/aromatic N) is 2. The summed E-state index contributed by atoms with van der Waals surface area (Å²) in [6.45, 7) is 3.59. The average Bonchev–Trinajstić information content (AvgIpc) is 2.89. The largest absolute Gasteiger partial charge is 0.334 e. The van der Waals surface area contributed by atoms with E-state index in [0.717, 1.165) is 5.39 Å². The Balaban J connectivity index is 2.20. The van der Waals surface area contributed by atoms with Gasteiger partial charge in [0.25, 0.3) is 5.89 Å². The summed E-state index contributed by atoms with van der Waals surface area (Å²) < 4.78 is 19.1. The van der Waals surface area contributed by atoms with Gasteiger partial charge in [0, 0.05) is 10.9 Å². The molecule has 0 aliphatic heterocycles. The molecular weight excluding hydrogens is 257 g/mol. The van der Waals surface area contributed by atoms with Gasteiger partial charge < -0.3 is 10.3 Å². The van der Waals surface area contributed by atoms with Crippen molar-refractivity contribution in [2.75, 3.05) is 0 Å². The summed E-state index contributed by atoms with van der Waals surface area (Å²) in [6.07, 6.45) is 0. The highest BCUT2D eigenvalue weighted by molar-refractivity contribution is 5.95. The van der Waals surface area contributed by atoms with Crippen LogP contribution in [0, 0.1) is 5.82 Å². The molecule has 0 fully saturated rings. The Bertz CT molecular complexity index is 774. The van der Waals surface area contributed by atoms with Crippen molar-refractivity contribution >= 4 is 10.8 Å². The van der Waals surface area contributed by atoms with Gasteiger partial charge in [-0.2, -0.15) is 4.98 Å². The maximum absolute atomic E-state index is 13.8. The van der Waals surface area contributed by atoms with E-state index < -0.39 is 5.54 Å². The van der Waals surface area contributed by atoms with Gasteiger partial charge in [0.1, 0.15) is 5.82 Å². The zero-order valence-corrected chi connectivity index (χ0v) is 11.2. The van der Waals surface area contributed by atoms with E-state index in [4.69, 9.17) is 10.3 Å². The fourth-order valence-corrected chi connectivity index (χ4v) is 2.04. The van der Waals surface area contributed by atoms with Crippen LogP contribution in [0.1, 0.15) is 19.7 Å². The summed E-state index contributed by atoms with van der Waals surface area (Å²) in [4.78, 5) is 4.31. The highest BCUT2D eigenvalue weighted by atomic mass is 19.1. The molecule has 3 rings (SSSR count). The van der Waals surface area contributed by atoms with Crippen molar-refractivity contribution in [3.8, 4) is 11.5 Å². The standard InChI is InChI=1S/C15H14FN3O/c1-15(2,17)14-18-13(20-19-14)11-7-8-12(16)10-6-4-3-5-9(10)11/h3-8H,17H2,1-2H3. The van der Waals surface area contributed by atoms with Crippen LogP contribution >= 0.6 is 0 Å². The van der Waals surface area contributed by atoms with E-state index in [1.165, 1.54) is 6.07 Å². The highest BCUT2D eigenvalue weighted by Crippen LogP contribution is 2.30. The first-order valence-electron chi connectivity index (χ1n) is 6.27. The molecule has 0 unspecified atom stereocenters. The van der Waals surface area contributed by atoms with Gasteiger partial charge in [-0.3, -0.25) is 0 Å². The lowest BCUT2D eigenvalue weighted by molar-refractivity contribution is 0.397. The lowest BCUT2D eigenvalue weighted by Gasteiger charge is -2.11. The number of fused-ring (bicyclic) bond motifs is 1. The summed E-state index contributed by atoms with van der Waals surface area (Å²) in [5.74, 6) is 0.485. The first-order chi connectivity index (χ1) is 9.47. The predicted octanol–water partition coefficient (Wildman–Crippen LogP) is 3.22. The fraction of sp³-hybridized carbons (Fsp3) is 0.200. The zero-order chi connectivity index (χ0) is 14.3. The van der Waals surface area contributed by atoms with Gasteiger partial charge in [-0.15, -0.1) is 0 Å². The summed E-state index contributed by atoms with van der Waals surface area (Å²) in [5, 5.41) is 5.15. The van der Waals surface area contributed by atoms with Gasteiger partial charge in [-0.1, -0.05) is 29.4 Å². The third-order valence-corrected chi connectivity index (χ3v) is 3.10. The molecule has 0 radical (unpaired) electrons. The topological polar surface area (TPSA) is 64.9 Å². The van der Waals surface area contributed by atoms with Gasteiger partial charge in [0.2, 0.25) is 0 Å². The van der Waals surface area contributed by atoms with Crippen LogP contribution in [0.2, 0.25) is 0 Å². The molecule has 0 bridgehead atoms. The molecule has 2 aromatic carbocycles. The molecule has 4 nitrogen and oxygen atoms in total. The lowest BCUT2D eigenvalue weighted by atomic mass is 10.0. The number of nitrogens with two attached hydrogens (primary N) is 1. The van der Waals surface area contributed by atoms with Crippen LogP contribution in [0.4, 0.5) is 4.39 Å². The molecule has 2 N–H and O–H groups in total. The average molecular weight is 271 g/mol. The van der Waals surface area contributed by atoms with Gasteiger partial charge in [-0.05, 0) is 31.4 Å². The number of benzene rings is 2. The predicted molar refractivity (Wildman–Crippen MR) is 74.4 cm³/mol. The molecule has 1 heterocycles. The van der Waals surface area contributed by atoms with Gasteiger partial charge in [0.15, 0.2) is 5.82 Å². The van der Waals surface area contributed by atoms with Crippen LogP contribution in [0.25, 0.3) is 22.2 Å². The molecule has 102 valence electrons. The molecule has 0 aliphatic carbocycles. The molecular formula is C15H14FN3O. The first kappa shape index (κ1) is 12.7. The second-order valence-electron chi connectivity index (χ2n) is 5.29. The summed E-state index contributed by atoms with van der Waals surface area (Å²) in [7, 11) is 0. The minimum absolute atomic E-state index is 0.275. The van der Waals surface area contributed by atoms with E-state index in [9.17, 15) is 4.39 Å². The summed E-state index contributed by atoms with van der Waals surface area (Å²) in [5.41, 5.74) is 5.96. The maximum Gasteiger partial charge on any atom is 0.258 e. The number of halogens is 1. The number of rotatable bonds is 2. The Hall–Kier alpha value is -2.27. The molecule has 20 heavy (non-hydrogen) atoms. The van der Waals surface area contributed by atoms with Crippen LogP contribution in [0.5, 0.6) is 0 Å². The van der Waals surface area contributed by atoms with Crippen LogP contribution in [0.15, 0.2) is 40.9 Å². The van der Waals surface area contributed by atoms with Crippen molar-refractivity contribution in [2.45, 2.75) is 19.4 Å². The van der Waals surface area contributed by atoms with Crippen molar-refractivity contribution in [3.05, 3.63) is 48.0 Å². The fourth-order valence-electron chi connectivity index (χ4n) is 2.04. The SMILES string of the molecule is CC(C)(N)c1noc(-c2ccc(F)c3ccccc23)n1. The Morgan fingerprint density at radius 2 is 1.80 bits per heavy atom. The molecule has 0 aliphatic rings. The Morgan fingerprint density at radius 3 is 2.45 bits per heavy atom. The van der Waals surface area contributed by atoms with Crippen molar-refractivity contribution < 1.29 is 8.91 Å². The molecule has 0 spiro atoms. The Kier molecular flexibility index (Phi) is 2.79. The van der Waals surface area contributed by atoms with Crippen molar-refractivity contribution in [1.29, 1.82) is 0 Å². The van der Waals surface area contributed by atoms with E-state index >= 15 is 0 Å². The Labute approximate surface area is 115 Å². The third-order valence-electron chi connectivity index (χ3n) is 3.10. The number of hydrogen-bond acceptors (Lipinski definition) is 4.